The van der Waals surface area contributed by atoms with Gasteiger partial charge in [0.1, 0.15) is 0 Å². The number of rotatable bonds is 4. The van der Waals surface area contributed by atoms with Crippen molar-refractivity contribution < 1.29 is 0 Å². The van der Waals surface area contributed by atoms with Crippen molar-refractivity contribution >= 4 is 50.0 Å². The van der Waals surface area contributed by atoms with Crippen molar-refractivity contribution in [1.82, 2.24) is 9.97 Å². The second kappa shape index (κ2) is 13.5. The summed E-state index contributed by atoms with van der Waals surface area (Å²) in [4.78, 5) is 15.1. The van der Waals surface area contributed by atoms with Crippen LogP contribution in [-0.4, -0.2) is 9.97 Å². The SMILES string of the molecule is C1=CC2=C(CC1)N(c1ccc3c(-c4ccccn4)c4cc(N5c6ccccc6CCc6ccccc65)ccc4c(-c4ccccn4)c3c1)c1ccccc1CC2. The Bertz CT molecular complexity index is 2830. The summed E-state index contributed by atoms with van der Waals surface area (Å²) in [6, 6.07) is 53.4. The third-order valence-corrected chi connectivity index (χ3v) is 12.0. The molecule has 56 heavy (non-hydrogen) atoms. The van der Waals surface area contributed by atoms with Gasteiger partial charge < -0.3 is 9.80 Å². The molecule has 0 radical (unpaired) electrons. The number of anilines is 5. The molecule has 4 heteroatoms. The van der Waals surface area contributed by atoms with E-state index in [-0.39, 0.29) is 0 Å². The number of hydrogen-bond donors (Lipinski definition) is 0. The number of allylic oxidation sites excluding steroid dienone is 4. The van der Waals surface area contributed by atoms with Crippen molar-refractivity contribution in [3.05, 3.63) is 198 Å². The van der Waals surface area contributed by atoms with Gasteiger partial charge in [-0.3, -0.25) is 9.97 Å². The Balaban J connectivity index is 1.22. The maximum absolute atomic E-state index is 5.04. The number of benzene rings is 6. The van der Waals surface area contributed by atoms with Crippen molar-refractivity contribution in [2.75, 3.05) is 9.80 Å². The van der Waals surface area contributed by atoms with E-state index in [2.05, 4.69) is 155 Å². The van der Waals surface area contributed by atoms with Gasteiger partial charge in [-0.15, -0.1) is 0 Å². The van der Waals surface area contributed by atoms with Crippen LogP contribution in [0.3, 0.4) is 0 Å². The fourth-order valence-electron chi connectivity index (χ4n) is 9.45. The molecule has 0 unspecified atom stereocenters. The predicted molar refractivity (Wildman–Crippen MR) is 232 cm³/mol. The third kappa shape index (κ3) is 5.36. The van der Waals surface area contributed by atoms with E-state index in [1.165, 1.54) is 56.1 Å². The highest BCUT2D eigenvalue weighted by Gasteiger charge is 2.28. The highest BCUT2D eigenvalue weighted by Crippen LogP contribution is 2.49. The number of aromatic nitrogens is 2. The summed E-state index contributed by atoms with van der Waals surface area (Å²) in [5, 5.41) is 4.65. The molecule has 4 nitrogen and oxygen atoms in total. The van der Waals surface area contributed by atoms with Gasteiger partial charge in [-0.1, -0.05) is 91.0 Å². The maximum Gasteiger partial charge on any atom is 0.0714 e. The first kappa shape index (κ1) is 32.6. The number of pyridine rings is 2. The summed E-state index contributed by atoms with van der Waals surface area (Å²) in [5.74, 6) is 0. The first-order valence-electron chi connectivity index (χ1n) is 19.9. The largest absolute Gasteiger partial charge is 0.314 e. The summed E-state index contributed by atoms with van der Waals surface area (Å²) in [7, 11) is 0. The minimum Gasteiger partial charge on any atom is -0.314 e. The summed E-state index contributed by atoms with van der Waals surface area (Å²) in [6.45, 7) is 0. The van der Waals surface area contributed by atoms with Gasteiger partial charge in [-0.2, -0.15) is 0 Å². The quantitative estimate of drug-likeness (QED) is 0.169. The van der Waals surface area contributed by atoms with Gasteiger partial charge in [0.25, 0.3) is 0 Å². The topological polar surface area (TPSA) is 32.3 Å². The smallest absolute Gasteiger partial charge is 0.0714 e. The molecule has 0 N–H and O–H groups in total. The van der Waals surface area contributed by atoms with Crippen LogP contribution in [0.1, 0.15) is 36.0 Å². The summed E-state index contributed by atoms with van der Waals surface area (Å²) in [5.41, 5.74) is 17.2. The summed E-state index contributed by atoms with van der Waals surface area (Å²) < 4.78 is 0. The number of para-hydroxylation sites is 3. The monoisotopic (exact) mass is 720 g/mol. The third-order valence-electron chi connectivity index (χ3n) is 12.0. The van der Waals surface area contributed by atoms with Crippen molar-refractivity contribution in [1.29, 1.82) is 0 Å². The van der Waals surface area contributed by atoms with Gasteiger partial charge in [0.2, 0.25) is 0 Å². The minimum atomic E-state index is 0.958. The predicted octanol–water partition coefficient (Wildman–Crippen LogP) is 13.4. The average Bonchev–Trinajstić information content (AvgIpc) is 3.54. The molecule has 0 bridgehead atoms. The van der Waals surface area contributed by atoms with E-state index in [0.29, 0.717) is 0 Å². The minimum absolute atomic E-state index is 0.958. The molecule has 2 aromatic heterocycles. The lowest BCUT2D eigenvalue weighted by Crippen LogP contribution is -2.19. The van der Waals surface area contributed by atoms with Crippen LogP contribution in [0.25, 0.3) is 44.1 Å². The second-order valence-corrected chi connectivity index (χ2v) is 15.1. The summed E-state index contributed by atoms with van der Waals surface area (Å²) in [6.07, 6.45) is 14.7. The van der Waals surface area contributed by atoms with Gasteiger partial charge >= 0.3 is 0 Å². The van der Waals surface area contributed by atoms with Crippen LogP contribution >= 0.6 is 0 Å². The Labute approximate surface area is 327 Å². The second-order valence-electron chi connectivity index (χ2n) is 15.1. The molecule has 8 aromatic rings. The van der Waals surface area contributed by atoms with E-state index in [9.17, 15) is 0 Å². The van der Waals surface area contributed by atoms with Gasteiger partial charge in [-0.25, -0.2) is 0 Å². The molecule has 2 aliphatic heterocycles. The molecule has 3 aliphatic rings. The number of fused-ring (bicyclic) bond motifs is 5. The van der Waals surface area contributed by atoms with Gasteiger partial charge in [-0.05, 0) is 149 Å². The Morgan fingerprint density at radius 3 is 1.43 bits per heavy atom. The van der Waals surface area contributed by atoms with Crippen molar-refractivity contribution in [2.45, 2.75) is 38.5 Å². The molecule has 0 saturated heterocycles. The van der Waals surface area contributed by atoms with Crippen molar-refractivity contribution in [3.8, 4) is 22.5 Å². The molecule has 0 amide bonds. The molecular formula is C52H40N4. The molecule has 1 aliphatic carbocycles. The Kier molecular flexibility index (Phi) is 7.87. The van der Waals surface area contributed by atoms with E-state index >= 15 is 0 Å². The van der Waals surface area contributed by atoms with Crippen LogP contribution in [0.4, 0.5) is 28.4 Å². The molecule has 0 saturated carbocycles. The molecule has 0 spiro atoms. The fraction of sp³-hybridized carbons (Fsp3) is 0.115. The Morgan fingerprint density at radius 1 is 0.411 bits per heavy atom. The summed E-state index contributed by atoms with van der Waals surface area (Å²) >= 11 is 0. The fourth-order valence-corrected chi connectivity index (χ4v) is 9.45. The van der Waals surface area contributed by atoms with Crippen LogP contribution in [0.5, 0.6) is 0 Å². The Hall–Kier alpha value is -6.78. The van der Waals surface area contributed by atoms with E-state index in [0.717, 1.165) is 82.9 Å². The van der Waals surface area contributed by atoms with Crippen LogP contribution in [-0.2, 0) is 19.3 Å². The molecule has 6 aromatic carbocycles. The van der Waals surface area contributed by atoms with Crippen LogP contribution in [0.2, 0.25) is 0 Å². The number of nitrogens with zero attached hydrogens (tertiary/aromatic N) is 4. The standard InChI is InChI=1S/C52H40N4/c1-5-19-47-35(13-1)23-24-36-14-2-6-20-48(36)55(47)39-27-29-41-43(33-39)51(45-17-9-11-31-53-45)42-30-28-40(34-44(42)52(41)46-18-10-12-32-54-46)56-49-21-7-3-15-37(49)25-26-38-16-4-8-22-50(38)56/h1-7,9-21,27-34H,8,22-26H2. The van der Waals surface area contributed by atoms with E-state index < -0.39 is 0 Å². The first-order valence-corrected chi connectivity index (χ1v) is 19.9. The van der Waals surface area contributed by atoms with Gasteiger partial charge in [0.05, 0.1) is 11.4 Å². The lowest BCUT2D eigenvalue weighted by molar-refractivity contribution is 0.874. The zero-order valence-electron chi connectivity index (χ0n) is 31.2. The van der Waals surface area contributed by atoms with Gasteiger partial charge in [0, 0.05) is 57.7 Å². The first-order chi connectivity index (χ1) is 27.8. The molecule has 11 rings (SSSR count). The molecule has 0 fully saturated rings. The van der Waals surface area contributed by atoms with E-state index in [1.807, 2.05) is 24.5 Å². The molecule has 0 atom stereocenters. The lowest BCUT2D eigenvalue weighted by atomic mass is 9.87. The highest BCUT2D eigenvalue weighted by atomic mass is 15.2. The molecule has 268 valence electrons. The maximum atomic E-state index is 5.04. The van der Waals surface area contributed by atoms with Gasteiger partial charge in [0.15, 0.2) is 0 Å². The normalized spacial score (nSPS) is 14.9. The number of hydrogen-bond acceptors (Lipinski definition) is 4. The zero-order chi connectivity index (χ0) is 37.0. The van der Waals surface area contributed by atoms with Crippen LogP contribution < -0.4 is 9.80 Å². The van der Waals surface area contributed by atoms with E-state index in [4.69, 9.17) is 9.97 Å². The van der Waals surface area contributed by atoms with Crippen LogP contribution in [0.15, 0.2) is 181 Å². The average molecular weight is 721 g/mol. The number of aryl methyl sites for hydroxylation is 3. The highest BCUT2D eigenvalue weighted by molar-refractivity contribution is 6.22. The van der Waals surface area contributed by atoms with Crippen molar-refractivity contribution in [3.63, 3.8) is 0 Å². The van der Waals surface area contributed by atoms with E-state index in [1.54, 1.807) is 0 Å². The Morgan fingerprint density at radius 2 is 0.893 bits per heavy atom. The van der Waals surface area contributed by atoms with Crippen molar-refractivity contribution in [2.24, 2.45) is 0 Å². The molecular weight excluding hydrogens is 681 g/mol. The van der Waals surface area contributed by atoms with Crippen LogP contribution in [0, 0.1) is 0 Å². The lowest BCUT2D eigenvalue weighted by Gasteiger charge is -2.31. The molecule has 4 heterocycles. The zero-order valence-corrected chi connectivity index (χ0v) is 31.2.